The van der Waals surface area contributed by atoms with E-state index in [4.69, 9.17) is 9.47 Å². The van der Waals surface area contributed by atoms with E-state index in [0.717, 1.165) is 25.7 Å². The Bertz CT molecular complexity index is 925. The van der Waals surface area contributed by atoms with Gasteiger partial charge in [-0.25, -0.2) is 13.2 Å². The summed E-state index contributed by atoms with van der Waals surface area (Å²) in [6, 6.07) is 4.61. The highest BCUT2D eigenvalue weighted by molar-refractivity contribution is 7.89. The zero-order valence-corrected chi connectivity index (χ0v) is 20.2. The molecule has 11 heteroatoms. The minimum absolute atomic E-state index is 0.0392. The lowest BCUT2D eigenvalue weighted by atomic mass is 9.96. The zero-order chi connectivity index (χ0) is 23.8. The summed E-state index contributed by atoms with van der Waals surface area (Å²) in [6.45, 7) is 1.20. The molecule has 0 atom stereocenters. The van der Waals surface area contributed by atoms with Gasteiger partial charge in [-0.1, -0.05) is 19.3 Å². The monoisotopic (exact) mass is 482 g/mol. The molecule has 1 aliphatic carbocycles. The van der Waals surface area contributed by atoms with Crippen LogP contribution in [0, 0.1) is 0 Å². The first-order valence-corrected chi connectivity index (χ1v) is 12.8. The number of carbonyl (C=O) groups is 2. The van der Waals surface area contributed by atoms with Gasteiger partial charge in [0, 0.05) is 51.3 Å². The molecule has 2 N–H and O–H groups in total. The lowest BCUT2D eigenvalue weighted by Gasteiger charge is -2.34. The summed E-state index contributed by atoms with van der Waals surface area (Å²) in [5.41, 5.74) is 0. The number of benzene rings is 1. The molecule has 0 radical (unpaired) electrons. The van der Waals surface area contributed by atoms with Crippen molar-refractivity contribution in [3.63, 3.8) is 0 Å². The Labute approximate surface area is 195 Å². The molecule has 1 aliphatic heterocycles. The van der Waals surface area contributed by atoms with E-state index in [2.05, 4.69) is 10.6 Å². The Balaban J connectivity index is 1.47. The molecule has 1 heterocycles. The van der Waals surface area contributed by atoms with Gasteiger partial charge < -0.3 is 25.0 Å². The van der Waals surface area contributed by atoms with Crippen molar-refractivity contribution in [3.05, 3.63) is 18.2 Å². The van der Waals surface area contributed by atoms with Crippen LogP contribution in [0.5, 0.6) is 11.5 Å². The minimum Gasteiger partial charge on any atom is -0.497 e. The molecule has 3 amide bonds. The maximum atomic E-state index is 13.2. The molecule has 2 aliphatic rings. The van der Waals surface area contributed by atoms with Crippen molar-refractivity contribution < 1.29 is 27.5 Å². The largest absolute Gasteiger partial charge is 0.497 e. The standard InChI is InChI=1S/C22H34N4O6S/c1-31-18-8-9-19(32-2)20(16-18)33(29,30)26-14-12-25(13-15-26)21(27)10-11-23-22(28)24-17-6-4-3-5-7-17/h8-9,16-17H,3-7,10-15H2,1-2H3,(H2,23,24,28). The number of urea groups is 1. The molecule has 1 saturated heterocycles. The molecule has 0 bridgehead atoms. The van der Waals surface area contributed by atoms with E-state index in [-0.39, 0.29) is 54.7 Å². The van der Waals surface area contributed by atoms with Gasteiger partial charge in [0.05, 0.1) is 14.2 Å². The fourth-order valence-corrected chi connectivity index (χ4v) is 5.82. The highest BCUT2D eigenvalue weighted by Gasteiger charge is 2.32. The molecule has 2 fully saturated rings. The first-order valence-electron chi connectivity index (χ1n) is 11.4. The van der Waals surface area contributed by atoms with Crippen LogP contribution in [0.3, 0.4) is 0 Å². The number of piperazine rings is 1. The van der Waals surface area contributed by atoms with Crippen molar-refractivity contribution in [2.24, 2.45) is 0 Å². The molecule has 1 aromatic rings. The van der Waals surface area contributed by atoms with Gasteiger partial charge in [0.15, 0.2) is 0 Å². The van der Waals surface area contributed by atoms with Crippen molar-refractivity contribution in [1.29, 1.82) is 0 Å². The van der Waals surface area contributed by atoms with Crippen LogP contribution in [-0.4, -0.2) is 82.5 Å². The number of ether oxygens (including phenoxy) is 2. The fourth-order valence-electron chi connectivity index (χ4n) is 4.23. The molecular formula is C22H34N4O6S. The first kappa shape index (κ1) is 25.1. The Kier molecular flexibility index (Phi) is 8.79. The third-order valence-electron chi connectivity index (χ3n) is 6.14. The Morgan fingerprint density at radius 1 is 1.03 bits per heavy atom. The van der Waals surface area contributed by atoms with Gasteiger partial charge in [-0.15, -0.1) is 0 Å². The molecule has 0 spiro atoms. The third kappa shape index (κ3) is 6.50. The van der Waals surface area contributed by atoms with E-state index in [1.165, 1.54) is 31.0 Å². The van der Waals surface area contributed by atoms with E-state index in [1.807, 2.05) is 0 Å². The van der Waals surface area contributed by atoms with Crippen LogP contribution in [0.2, 0.25) is 0 Å². The second-order valence-corrected chi connectivity index (χ2v) is 10.2. The number of rotatable bonds is 8. The van der Waals surface area contributed by atoms with Crippen molar-refractivity contribution in [3.8, 4) is 11.5 Å². The van der Waals surface area contributed by atoms with Crippen LogP contribution in [-0.2, 0) is 14.8 Å². The number of hydrogen-bond acceptors (Lipinski definition) is 6. The predicted molar refractivity (Wildman–Crippen MR) is 123 cm³/mol. The smallest absolute Gasteiger partial charge is 0.315 e. The summed E-state index contributed by atoms with van der Waals surface area (Å²) < 4.78 is 38.0. The highest BCUT2D eigenvalue weighted by Crippen LogP contribution is 2.31. The number of sulfonamides is 1. The van der Waals surface area contributed by atoms with Gasteiger partial charge in [0.1, 0.15) is 16.4 Å². The molecule has 184 valence electrons. The van der Waals surface area contributed by atoms with E-state index < -0.39 is 10.0 Å². The predicted octanol–water partition coefficient (Wildman–Crippen LogP) is 1.56. The van der Waals surface area contributed by atoms with Gasteiger partial charge in [-0.2, -0.15) is 4.31 Å². The molecule has 3 rings (SSSR count). The molecule has 0 unspecified atom stereocenters. The van der Waals surface area contributed by atoms with E-state index >= 15 is 0 Å². The second-order valence-electron chi connectivity index (χ2n) is 8.29. The Morgan fingerprint density at radius 3 is 2.36 bits per heavy atom. The molecule has 0 aromatic heterocycles. The van der Waals surface area contributed by atoms with E-state index in [0.29, 0.717) is 18.8 Å². The Hall–Kier alpha value is -2.53. The van der Waals surface area contributed by atoms with Gasteiger partial charge in [-0.05, 0) is 25.0 Å². The van der Waals surface area contributed by atoms with Crippen LogP contribution in [0.1, 0.15) is 38.5 Å². The number of nitrogens with zero attached hydrogens (tertiary/aromatic N) is 2. The normalized spacial score (nSPS) is 17.9. The van der Waals surface area contributed by atoms with Crippen LogP contribution >= 0.6 is 0 Å². The number of amides is 3. The first-order chi connectivity index (χ1) is 15.8. The van der Waals surface area contributed by atoms with Gasteiger partial charge >= 0.3 is 6.03 Å². The van der Waals surface area contributed by atoms with Crippen molar-refractivity contribution in [2.75, 3.05) is 46.9 Å². The van der Waals surface area contributed by atoms with Gasteiger partial charge in [0.25, 0.3) is 0 Å². The maximum Gasteiger partial charge on any atom is 0.315 e. The Morgan fingerprint density at radius 2 is 1.73 bits per heavy atom. The van der Waals surface area contributed by atoms with Crippen molar-refractivity contribution in [2.45, 2.75) is 49.5 Å². The second kappa shape index (κ2) is 11.6. The van der Waals surface area contributed by atoms with E-state index in [9.17, 15) is 18.0 Å². The maximum absolute atomic E-state index is 13.2. The average Bonchev–Trinajstić information content (AvgIpc) is 2.84. The third-order valence-corrected chi connectivity index (χ3v) is 8.06. The fraction of sp³-hybridized carbons (Fsp3) is 0.636. The van der Waals surface area contributed by atoms with E-state index in [1.54, 1.807) is 17.0 Å². The number of methoxy groups -OCH3 is 2. The summed E-state index contributed by atoms with van der Waals surface area (Å²) in [7, 11) is -0.917. The number of carbonyl (C=O) groups excluding carboxylic acids is 2. The molecular weight excluding hydrogens is 448 g/mol. The van der Waals surface area contributed by atoms with Crippen molar-refractivity contribution >= 4 is 22.0 Å². The van der Waals surface area contributed by atoms with Crippen LogP contribution in [0.4, 0.5) is 4.79 Å². The molecule has 10 nitrogen and oxygen atoms in total. The van der Waals surface area contributed by atoms with Crippen molar-refractivity contribution in [1.82, 2.24) is 19.8 Å². The number of nitrogens with one attached hydrogen (secondary N) is 2. The highest BCUT2D eigenvalue weighted by atomic mass is 32.2. The van der Waals surface area contributed by atoms with Gasteiger partial charge in [-0.3, -0.25) is 4.79 Å². The summed E-state index contributed by atoms with van der Waals surface area (Å²) in [4.78, 5) is 26.2. The summed E-state index contributed by atoms with van der Waals surface area (Å²) in [6.07, 6.45) is 5.66. The zero-order valence-electron chi connectivity index (χ0n) is 19.3. The minimum atomic E-state index is -3.80. The quantitative estimate of drug-likeness (QED) is 0.581. The SMILES string of the molecule is COc1ccc(OC)c(S(=O)(=O)N2CCN(C(=O)CCNC(=O)NC3CCCCC3)CC2)c1. The molecule has 33 heavy (non-hydrogen) atoms. The topological polar surface area (TPSA) is 117 Å². The molecule has 1 aromatic carbocycles. The lowest BCUT2D eigenvalue weighted by molar-refractivity contribution is -0.132. The average molecular weight is 483 g/mol. The summed E-state index contributed by atoms with van der Waals surface area (Å²) in [5, 5.41) is 5.71. The van der Waals surface area contributed by atoms with Gasteiger partial charge in [0.2, 0.25) is 15.9 Å². The van der Waals surface area contributed by atoms with Crippen LogP contribution in [0.15, 0.2) is 23.1 Å². The van der Waals surface area contributed by atoms with Crippen LogP contribution in [0.25, 0.3) is 0 Å². The van der Waals surface area contributed by atoms with Crippen LogP contribution < -0.4 is 20.1 Å². The summed E-state index contributed by atoms with van der Waals surface area (Å²) in [5.74, 6) is 0.555. The lowest BCUT2D eigenvalue weighted by Crippen LogP contribution is -2.51. The number of hydrogen-bond donors (Lipinski definition) is 2. The summed E-state index contributed by atoms with van der Waals surface area (Å²) >= 11 is 0. The molecule has 1 saturated carbocycles.